The van der Waals surface area contributed by atoms with Crippen molar-refractivity contribution in [2.24, 2.45) is 0 Å². The molecular weight excluding hydrogens is 270 g/mol. The van der Waals surface area contributed by atoms with E-state index in [-0.39, 0.29) is 18.0 Å². The summed E-state index contributed by atoms with van der Waals surface area (Å²) in [7, 11) is -0.684. The van der Waals surface area contributed by atoms with Crippen molar-refractivity contribution in [3.8, 4) is 5.75 Å². The maximum atomic E-state index is 12.0. The van der Waals surface area contributed by atoms with Crippen molar-refractivity contribution >= 4 is 10.0 Å². The van der Waals surface area contributed by atoms with Crippen LogP contribution >= 0.6 is 0 Å². The van der Waals surface area contributed by atoms with E-state index < -0.39 is 16.1 Å². The van der Waals surface area contributed by atoms with E-state index in [2.05, 4.69) is 4.72 Å². The van der Waals surface area contributed by atoms with Gasteiger partial charge in [-0.15, -0.1) is 0 Å². The molecule has 0 aliphatic rings. The van der Waals surface area contributed by atoms with Crippen LogP contribution in [0.15, 0.2) is 23.1 Å². The van der Waals surface area contributed by atoms with Crippen molar-refractivity contribution in [3.63, 3.8) is 0 Å². The van der Waals surface area contributed by atoms with E-state index in [1.165, 1.54) is 26.4 Å². The van der Waals surface area contributed by atoms with Crippen LogP contribution in [0.3, 0.4) is 0 Å². The number of ether oxygens (including phenoxy) is 2. The highest BCUT2D eigenvalue weighted by molar-refractivity contribution is 7.89. The zero-order valence-corrected chi connectivity index (χ0v) is 12.0. The van der Waals surface area contributed by atoms with Gasteiger partial charge in [-0.2, -0.15) is 0 Å². The van der Waals surface area contributed by atoms with Gasteiger partial charge in [0.1, 0.15) is 5.75 Å². The van der Waals surface area contributed by atoms with Crippen LogP contribution in [0.4, 0.5) is 0 Å². The third-order valence-corrected chi connectivity index (χ3v) is 3.97. The van der Waals surface area contributed by atoms with E-state index in [1.807, 2.05) is 0 Å². The van der Waals surface area contributed by atoms with Gasteiger partial charge in [0.2, 0.25) is 10.0 Å². The SMILES string of the molecule is COCC(O)CNS(=O)(=O)c1ccc(OC)c(C)c1. The molecule has 0 amide bonds. The molecule has 0 aliphatic heterocycles. The first-order valence-corrected chi connectivity index (χ1v) is 7.20. The molecule has 0 saturated carbocycles. The Hall–Kier alpha value is -1.15. The lowest BCUT2D eigenvalue weighted by Crippen LogP contribution is -2.34. The minimum absolute atomic E-state index is 0.0736. The van der Waals surface area contributed by atoms with Crippen LogP contribution in [0.25, 0.3) is 0 Å². The Bertz CT molecular complexity index is 515. The summed E-state index contributed by atoms with van der Waals surface area (Å²) >= 11 is 0. The van der Waals surface area contributed by atoms with Crippen molar-refractivity contribution in [2.45, 2.75) is 17.9 Å². The second kappa shape index (κ2) is 6.85. The maximum Gasteiger partial charge on any atom is 0.240 e. The van der Waals surface area contributed by atoms with E-state index in [1.54, 1.807) is 13.0 Å². The molecule has 0 fully saturated rings. The van der Waals surface area contributed by atoms with Gasteiger partial charge in [-0.1, -0.05) is 0 Å². The van der Waals surface area contributed by atoms with Crippen LogP contribution in [0, 0.1) is 6.92 Å². The summed E-state index contributed by atoms with van der Waals surface area (Å²) in [5.41, 5.74) is 0.725. The fourth-order valence-corrected chi connectivity index (χ4v) is 2.72. The van der Waals surface area contributed by atoms with E-state index >= 15 is 0 Å². The van der Waals surface area contributed by atoms with E-state index in [4.69, 9.17) is 9.47 Å². The number of benzene rings is 1. The smallest absolute Gasteiger partial charge is 0.240 e. The van der Waals surface area contributed by atoms with Gasteiger partial charge in [0.25, 0.3) is 0 Å². The zero-order valence-electron chi connectivity index (χ0n) is 11.2. The average molecular weight is 289 g/mol. The van der Waals surface area contributed by atoms with Crippen LogP contribution in [0.1, 0.15) is 5.56 Å². The Morgan fingerprint density at radius 3 is 2.58 bits per heavy atom. The van der Waals surface area contributed by atoms with E-state index in [9.17, 15) is 13.5 Å². The van der Waals surface area contributed by atoms with Crippen molar-refractivity contribution in [2.75, 3.05) is 27.4 Å². The lowest BCUT2D eigenvalue weighted by molar-refractivity contribution is 0.0679. The molecule has 0 aliphatic carbocycles. The first kappa shape index (κ1) is 15.9. The van der Waals surface area contributed by atoms with Gasteiger partial charge in [0.05, 0.1) is 24.7 Å². The molecule has 0 saturated heterocycles. The third kappa shape index (κ3) is 4.46. The Labute approximate surface area is 113 Å². The highest BCUT2D eigenvalue weighted by Crippen LogP contribution is 2.21. The zero-order chi connectivity index (χ0) is 14.5. The Morgan fingerprint density at radius 1 is 1.37 bits per heavy atom. The lowest BCUT2D eigenvalue weighted by Gasteiger charge is -2.12. The van der Waals surface area contributed by atoms with Crippen LogP contribution in [0.2, 0.25) is 0 Å². The second-order valence-corrected chi connectivity index (χ2v) is 5.86. The number of sulfonamides is 1. The highest BCUT2D eigenvalue weighted by Gasteiger charge is 2.16. The summed E-state index contributed by atoms with van der Waals surface area (Å²) in [5, 5.41) is 9.42. The van der Waals surface area contributed by atoms with Crippen LogP contribution in [0.5, 0.6) is 5.75 Å². The molecule has 0 aromatic heterocycles. The number of methoxy groups -OCH3 is 2. The standard InChI is InChI=1S/C12H19NO5S/c1-9-6-11(4-5-12(9)18-3)19(15,16)13-7-10(14)8-17-2/h4-6,10,13-14H,7-8H2,1-3H3. The van der Waals surface area contributed by atoms with Gasteiger partial charge < -0.3 is 14.6 Å². The number of aryl methyl sites for hydroxylation is 1. The molecule has 0 bridgehead atoms. The van der Waals surface area contributed by atoms with Crippen LogP contribution < -0.4 is 9.46 Å². The number of rotatable bonds is 7. The predicted molar refractivity (Wildman–Crippen MR) is 70.8 cm³/mol. The van der Waals surface area contributed by atoms with Gasteiger partial charge in [-0.3, -0.25) is 0 Å². The molecule has 19 heavy (non-hydrogen) atoms. The number of nitrogens with one attached hydrogen (secondary N) is 1. The third-order valence-electron chi connectivity index (χ3n) is 2.54. The Morgan fingerprint density at radius 2 is 2.05 bits per heavy atom. The summed E-state index contributed by atoms with van der Waals surface area (Å²) in [5.74, 6) is 0.623. The van der Waals surface area contributed by atoms with Gasteiger partial charge >= 0.3 is 0 Å². The molecular formula is C12H19NO5S. The fourth-order valence-electron chi connectivity index (χ4n) is 1.56. The minimum Gasteiger partial charge on any atom is -0.496 e. The van der Waals surface area contributed by atoms with Crippen molar-refractivity contribution < 1.29 is 23.0 Å². The van der Waals surface area contributed by atoms with Crippen molar-refractivity contribution in [1.82, 2.24) is 4.72 Å². The normalized spacial score (nSPS) is 13.3. The Kier molecular flexibility index (Phi) is 5.74. The van der Waals surface area contributed by atoms with Crippen LogP contribution in [-0.2, 0) is 14.8 Å². The van der Waals surface area contributed by atoms with Gasteiger partial charge in [0, 0.05) is 13.7 Å². The summed E-state index contributed by atoms with van der Waals surface area (Å²) in [6, 6.07) is 4.57. The number of hydrogen-bond donors (Lipinski definition) is 2. The van der Waals surface area contributed by atoms with Crippen molar-refractivity contribution in [3.05, 3.63) is 23.8 Å². The molecule has 1 aromatic carbocycles. The molecule has 1 unspecified atom stereocenters. The molecule has 1 rings (SSSR count). The lowest BCUT2D eigenvalue weighted by atomic mass is 10.2. The highest BCUT2D eigenvalue weighted by atomic mass is 32.2. The molecule has 0 radical (unpaired) electrons. The molecule has 108 valence electrons. The summed E-state index contributed by atoms with van der Waals surface area (Å²) < 4.78 is 36.1. The monoisotopic (exact) mass is 289 g/mol. The minimum atomic E-state index is -3.64. The summed E-state index contributed by atoms with van der Waals surface area (Å²) in [4.78, 5) is 0.135. The largest absolute Gasteiger partial charge is 0.496 e. The average Bonchev–Trinajstić information content (AvgIpc) is 2.37. The number of hydrogen-bond acceptors (Lipinski definition) is 5. The predicted octanol–water partition coefficient (Wildman–Crippen LogP) is 0.289. The summed E-state index contributed by atoms with van der Waals surface area (Å²) in [6.07, 6.45) is -0.876. The molecule has 1 aromatic rings. The van der Waals surface area contributed by atoms with Crippen LogP contribution in [-0.4, -0.2) is 47.0 Å². The fraction of sp³-hybridized carbons (Fsp3) is 0.500. The first-order chi connectivity index (χ1) is 8.90. The topological polar surface area (TPSA) is 84.9 Å². The summed E-state index contributed by atoms with van der Waals surface area (Å²) in [6.45, 7) is 1.74. The maximum absolute atomic E-state index is 12.0. The van der Waals surface area contributed by atoms with Gasteiger partial charge in [-0.25, -0.2) is 13.1 Å². The van der Waals surface area contributed by atoms with E-state index in [0.29, 0.717) is 5.75 Å². The van der Waals surface area contributed by atoms with Crippen molar-refractivity contribution in [1.29, 1.82) is 0 Å². The number of aliphatic hydroxyl groups excluding tert-OH is 1. The molecule has 7 heteroatoms. The quantitative estimate of drug-likeness (QED) is 0.753. The van der Waals surface area contributed by atoms with Gasteiger partial charge in [0.15, 0.2) is 0 Å². The van der Waals surface area contributed by atoms with E-state index in [0.717, 1.165) is 5.56 Å². The van der Waals surface area contributed by atoms with Gasteiger partial charge in [-0.05, 0) is 30.7 Å². The first-order valence-electron chi connectivity index (χ1n) is 5.72. The molecule has 0 spiro atoms. The number of aliphatic hydroxyl groups is 1. The second-order valence-electron chi connectivity index (χ2n) is 4.09. The molecule has 0 heterocycles. The molecule has 1 atom stereocenters. The molecule has 2 N–H and O–H groups in total. The molecule has 6 nitrogen and oxygen atoms in total. The Balaban J connectivity index is 2.80.